The van der Waals surface area contributed by atoms with Crippen LogP contribution in [-0.2, 0) is 30.7 Å². The lowest BCUT2D eigenvalue weighted by atomic mass is 10.0. The minimum atomic E-state index is -0.572. The van der Waals surface area contributed by atoms with Crippen molar-refractivity contribution < 1.29 is 9.32 Å². The minimum Gasteiger partial charge on any atom is -0.339 e. The van der Waals surface area contributed by atoms with E-state index in [-0.39, 0.29) is 11.4 Å². The number of rotatable bonds is 5. The maximum Gasteiger partial charge on any atom is 0.331 e. The van der Waals surface area contributed by atoms with Crippen molar-refractivity contribution in [3.05, 3.63) is 61.7 Å². The van der Waals surface area contributed by atoms with Gasteiger partial charge in [-0.25, -0.2) is 4.79 Å². The van der Waals surface area contributed by atoms with Crippen molar-refractivity contribution in [1.29, 1.82) is 0 Å². The minimum absolute atomic E-state index is 0.163. The molecule has 1 aliphatic heterocycles. The first kappa shape index (κ1) is 20.8. The zero-order valence-corrected chi connectivity index (χ0v) is 17.9. The number of aryl methyl sites for hydroxylation is 3. The molecule has 2 aromatic heterocycles. The summed E-state index contributed by atoms with van der Waals surface area (Å²) in [5.74, 6) is 0.124. The van der Waals surface area contributed by atoms with E-state index in [2.05, 4.69) is 15.5 Å². The molecule has 0 atom stereocenters. The first-order valence-corrected chi connectivity index (χ1v) is 10.4. The molecule has 0 unspecified atom stereocenters. The number of aromatic nitrogens is 4. The molecule has 0 saturated heterocycles. The summed E-state index contributed by atoms with van der Waals surface area (Å²) in [5.41, 5.74) is 2.42. The number of hydrogen-bond donors (Lipinski definition) is 1. The van der Waals surface area contributed by atoms with Gasteiger partial charge in [0, 0.05) is 24.3 Å². The van der Waals surface area contributed by atoms with E-state index in [4.69, 9.17) is 4.52 Å². The number of carbonyl (C=O) groups excluding carboxylic acids is 1. The van der Waals surface area contributed by atoms with E-state index in [0.29, 0.717) is 36.7 Å². The van der Waals surface area contributed by atoms with E-state index < -0.39 is 23.7 Å². The third kappa shape index (κ3) is 4.08. The Labute approximate surface area is 178 Å². The molecule has 1 N–H and O–H groups in total. The summed E-state index contributed by atoms with van der Waals surface area (Å²) in [7, 11) is 0. The van der Waals surface area contributed by atoms with Crippen molar-refractivity contribution in [3.63, 3.8) is 0 Å². The van der Waals surface area contributed by atoms with Gasteiger partial charge in [-0.3, -0.25) is 18.7 Å². The monoisotopic (exact) mass is 423 g/mol. The van der Waals surface area contributed by atoms with Gasteiger partial charge in [-0.1, -0.05) is 18.1 Å². The van der Waals surface area contributed by atoms with Gasteiger partial charge in [-0.2, -0.15) is 4.98 Å². The van der Waals surface area contributed by atoms with Gasteiger partial charge in [0.15, 0.2) is 0 Å². The Balaban J connectivity index is 1.75. The van der Waals surface area contributed by atoms with Crippen LogP contribution in [0.15, 0.2) is 32.3 Å². The fourth-order valence-corrected chi connectivity index (χ4v) is 4.05. The summed E-state index contributed by atoms with van der Waals surface area (Å²) in [6.45, 7) is 5.84. The molecule has 3 heterocycles. The molecule has 4 rings (SSSR count). The number of nitrogens with one attached hydrogen (secondary N) is 1. The van der Waals surface area contributed by atoms with Crippen molar-refractivity contribution in [3.8, 4) is 11.4 Å². The predicted molar refractivity (Wildman–Crippen MR) is 115 cm³/mol. The summed E-state index contributed by atoms with van der Waals surface area (Å²) >= 11 is 0. The second-order valence-electron chi connectivity index (χ2n) is 7.89. The van der Waals surface area contributed by atoms with Gasteiger partial charge in [0.2, 0.25) is 17.6 Å². The molecule has 31 heavy (non-hydrogen) atoms. The highest BCUT2D eigenvalue weighted by molar-refractivity contribution is 5.90. The van der Waals surface area contributed by atoms with E-state index in [1.165, 1.54) is 0 Å². The van der Waals surface area contributed by atoms with Crippen LogP contribution < -0.4 is 16.6 Å². The van der Waals surface area contributed by atoms with E-state index in [0.717, 1.165) is 28.5 Å². The first-order chi connectivity index (χ1) is 14.9. The highest BCUT2D eigenvalue weighted by atomic mass is 16.5. The summed E-state index contributed by atoms with van der Waals surface area (Å²) < 4.78 is 7.72. The van der Waals surface area contributed by atoms with Gasteiger partial charge in [0.05, 0.1) is 0 Å². The van der Waals surface area contributed by atoms with Crippen molar-refractivity contribution in [1.82, 2.24) is 19.3 Å². The Hall–Kier alpha value is -3.49. The largest absolute Gasteiger partial charge is 0.339 e. The van der Waals surface area contributed by atoms with Crippen LogP contribution in [-0.4, -0.2) is 25.2 Å². The number of anilines is 1. The zero-order chi connectivity index (χ0) is 22.1. The van der Waals surface area contributed by atoms with E-state index in [1.807, 2.05) is 39.0 Å². The van der Waals surface area contributed by atoms with Crippen LogP contribution in [0.1, 0.15) is 42.5 Å². The lowest BCUT2D eigenvalue weighted by Crippen LogP contribution is -2.45. The molecule has 1 amide bonds. The van der Waals surface area contributed by atoms with Crippen LogP contribution in [0.3, 0.4) is 0 Å². The smallest absolute Gasteiger partial charge is 0.331 e. The van der Waals surface area contributed by atoms with Crippen LogP contribution in [0, 0.1) is 13.8 Å². The van der Waals surface area contributed by atoms with Crippen molar-refractivity contribution in [2.24, 2.45) is 0 Å². The molecule has 0 aliphatic carbocycles. The van der Waals surface area contributed by atoms with Crippen molar-refractivity contribution in [2.45, 2.75) is 59.5 Å². The summed E-state index contributed by atoms with van der Waals surface area (Å²) in [6.07, 6.45) is 2.80. The molecule has 9 heteroatoms. The second-order valence-corrected chi connectivity index (χ2v) is 7.89. The predicted octanol–water partition coefficient (Wildman–Crippen LogP) is 2.21. The standard InChI is InChI=1S/C22H25N5O4/c1-4-18-24-20(25-31-18)19-16-7-5-6-8-26(16)22(30)27(21(19)29)12-17(28)23-15-10-13(2)9-14(3)11-15/h9-11H,4-8,12H2,1-3H3,(H,23,28). The third-order valence-electron chi connectivity index (χ3n) is 5.38. The summed E-state index contributed by atoms with van der Waals surface area (Å²) in [4.78, 5) is 43.4. The van der Waals surface area contributed by atoms with E-state index >= 15 is 0 Å². The van der Waals surface area contributed by atoms with Gasteiger partial charge < -0.3 is 9.84 Å². The molecular formula is C22H25N5O4. The fourth-order valence-electron chi connectivity index (χ4n) is 4.05. The lowest BCUT2D eigenvalue weighted by molar-refractivity contribution is -0.116. The van der Waals surface area contributed by atoms with Gasteiger partial charge in [-0.15, -0.1) is 0 Å². The SMILES string of the molecule is CCc1nc(-c2c3n(c(=O)n(CC(=O)Nc4cc(C)cc(C)c4)c2=O)CCCC3)no1. The topological polar surface area (TPSA) is 112 Å². The molecule has 0 spiro atoms. The maximum atomic E-state index is 13.3. The molecule has 0 saturated carbocycles. The Morgan fingerprint density at radius 1 is 1.16 bits per heavy atom. The molecule has 9 nitrogen and oxygen atoms in total. The fraction of sp³-hybridized carbons (Fsp3) is 0.409. The Morgan fingerprint density at radius 3 is 2.58 bits per heavy atom. The molecule has 162 valence electrons. The zero-order valence-electron chi connectivity index (χ0n) is 17.9. The van der Waals surface area contributed by atoms with Gasteiger partial charge in [0.1, 0.15) is 12.1 Å². The van der Waals surface area contributed by atoms with Crippen LogP contribution in [0.4, 0.5) is 5.69 Å². The normalized spacial score (nSPS) is 13.1. The number of carbonyl (C=O) groups is 1. The van der Waals surface area contributed by atoms with Crippen LogP contribution in [0.25, 0.3) is 11.4 Å². The average molecular weight is 423 g/mol. The number of nitrogens with zero attached hydrogens (tertiary/aromatic N) is 4. The second kappa shape index (κ2) is 8.33. The van der Waals surface area contributed by atoms with Gasteiger partial charge >= 0.3 is 5.69 Å². The first-order valence-electron chi connectivity index (χ1n) is 10.4. The maximum absolute atomic E-state index is 13.3. The molecular weight excluding hydrogens is 398 g/mol. The Morgan fingerprint density at radius 2 is 1.90 bits per heavy atom. The number of benzene rings is 1. The lowest BCUT2D eigenvalue weighted by Gasteiger charge is -2.21. The Kier molecular flexibility index (Phi) is 5.58. The molecule has 3 aromatic rings. The summed E-state index contributed by atoms with van der Waals surface area (Å²) in [5, 5.41) is 6.73. The quantitative estimate of drug-likeness (QED) is 0.673. The van der Waals surface area contributed by atoms with Crippen LogP contribution in [0.5, 0.6) is 0 Å². The number of amides is 1. The highest BCUT2D eigenvalue weighted by Crippen LogP contribution is 2.22. The molecule has 0 radical (unpaired) electrons. The van der Waals surface area contributed by atoms with Crippen molar-refractivity contribution >= 4 is 11.6 Å². The summed E-state index contributed by atoms with van der Waals surface area (Å²) in [6, 6.07) is 5.67. The van der Waals surface area contributed by atoms with Gasteiger partial charge in [-0.05, 0) is 56.4 Å². The highest BCUT2D eigenvalue weighted by Gasteiger charge is 2.26. The molecule has 1 aromatic carbocycles. The molecule has 0 fully saturated rings. The number of hydrogen-bond acceptors (Lipinski definition) is 6. The molecule has 1 aliphatic rings. The van der Waals surface area contributed by atoms with E-state index in [9.17, 15) is 14.4 Å². The van der Waals surface area contributed by atoms with Crippen LogP contribution in [0.2, 0.25) is 0 Å². The van der Waals surface area contributed by atoms with Crippen molar-refractivity contribution in [2.75, 3.05) is 5.32 Å². The van der Waals surface area contributed by atoms with Gasteiger partial charge in [0.25, 0.3) is 5.56 Å². The third-order valence-corrected chi connectivity index (χ3v) is 5.38. The van der Waals surface area contributed by atoms with E-state index in [1.54, 1.807) is 4.57 Å². The van der Waals surface area contributed by atoms with Crippen LogP contribution >= 0.6 is 0 Å². The molecule has 0 bridgehead atoms. The number of fused-ring (bicyclic) bond motifs is 1. The average Bonchev–Trinajstić information content (AvgIpc) is 3.19. The Bertz CT molecular complexity index is 1250.